The molecule has 0 saturated heterocycles. The third kappa shape index (κ3) is 2.34. The SMILES string of the molecule is COc1cc(CC(C)=O)ccn1. The van der Waals surface area contributed by atoms with Crippen LogP contribution in [-0.4, -0.2) is 17.9 Å². The van der Waals surface area contributed by atoms with Crippen LogP contribution in [0.15, 0.2) is 18.3 Å². The molecule has 1 heterocycles. The number of nitrogens with zero attached hydrogens (tertiary/aromatic N) is 1. The maximum Gasteiger partial charge on any atom is 0.213 e. The van der Waals surface area contributed by atoms with Crippen molar-refractivity contribution in [2.45, 2.75) is 13.3 Å². The van der Waals surface area contributed by atoms with Gasteiger partial charge in [0.05, 0.1) is 7.11 Å². The van der Waals surface area contributed by atoms with Crippen LogP contribution < -0.4 is 4.74 Å². The number of hydrogen-bond donors (Lipinski definition) is 0. The van der Waals surface area contributed by atoms with Gasteiger partial charge in [-0.05, 0) is 18.6 Å². The number of methoxy groups -OCH3 is 1. The lowest BCUT2D eigenvalue weighted by Gasteiger charge is -2.00. The van der Waals surface area contributed by atoms with Gasteiger partial charge >= 0.3 is 0 Å². The molecule has 0 aromatic carbocycles. The Labute approximate surface area is 71.4 Å². The van der Waals surface area contributed by atoms with Gasteiger partial charge in [-0.15, -0.1) is 0 Å². The summed E-state index contributed by atoms with van der Waals surface area (Å²) in [5.74, 6) is 0.692. The van der Waals surface area contributed by atoms with Crippen molar-refractivity contribution < 1.29 is 9.53 Å². The molecule has 0 unspecified atom stereocenters. The summed E-state index contributed by atoms with van der Waals surface area (Å²) in [6.07, 6.45) is 2.08. The van der Waals surface area contributed by atoms with E-state index in [1.807, 2.05) is 6.07 Å². The Morgan fingerprint density at radius 1 is 1.67 bits per heavy atom. The summed E-state index contributed by atoms with van der Waals surface area (Å²) in [4.78, 5) is 14.7. The van der Waals surface area contributed by atoms with Crippen molar-refractivity contribution in [2.75, 3.05) is 7.11 Å². The summed E-state index contributed by atoms with van der Waals surface area (Å²) in [6, 6.07) is 3.57. The lowest BCUT2D eigenvalue weighted by Crippen LogP contribution is -1.97. The number of pyridine rings is 1. The average molecular weight is 165 g/mol. The molecule has 1 aromatic heterocycles. The number of hydrogen-bond acceptors (Lipinski definition) is 3. The molecule has 12 heavy (non-hydrogen) atoms. The minimum atomic E-state index is 0.142. The minimum absolute atomic E-state index is 0.142. The van der Waals surface area contributed by atoms with Crippen molar-refractivity contribution in [1.82, 2.24) is 4.98 Å². The first-order valence-corrected chi connectivity index (χ1v) is 3.70. The van der Waals surface area contributed by atoms with Crippen LogP contribution in [0.25, 0.3) is 0 Å². The van der Waals surface area contributed by atoms with Crippen LogP contribution in [0, 0.1) is 0 Å². The van der Waals surface area contributed by atoms with Crippen molar-refractivity contribution in [2.24, 2.45) is 0 Å². The van der Waals surface area contributed by atoms with Gasteiger partial charge in [-0.1, -0.05) is 0 Å². The molecular formula is C9H11NO2. The largest absolute Gasteiger partial charge is 0.481 e. The molecule has 0 spiro atoms. The number of Topliss-reactive ketones (excluding diaryl/α,β-unsaturated/α-hetero) is 1. The molecule has 0 N–H and O–H groups in total. The Morgan fingerprint density at radius 2 is 2.42 bits per heavy atom. The molecule has 0 atom stereocenters. The van der Waals surface area contributed by atoms with Crippen LogP contribution in [0.5, 0.6) is 5.88 Å². The Morgan fingerprint density at radius 3 is 3.00 bits per heavy atom. The van der Waals surface area contributed by atoms with Crippen LogP contribution in [0.3, 0.4) is 0 Å². The summed E-state index contributed by atoms with van der Waals surface area (Å²) in [7, 11) is 1.56. The molecule has 3 heteroatoms. The monoisotopic (exact) mass is 165 g/mol. The molecule has 1 rings (SSSR count). The van der Waals surface area contributed by atoms with E-state index in [2.05, 4.69) is 4.98 Å². The van der Waals surface area contributed by atoms with E-state index in [-0.39, 0.29) is 5.78 Å². The maximum absolute atomic E-state index is 10.8. The predicted octanol–water partition coefficient (Wildman–Crippen LogP) is 1.22. The highest BCUT2D eigenvalue weighted by Gasteiger charge is 1.99. The first-order chi connectivity index (χ1) is 5.72. The van der Waals surface area contributed by atoms with Crippen molar-refractivity contribution in [1.29, 1.82) is 0 Å². The van der Waals surface area contributed by atoms with Gasteiger partial charge in [0.15, 0.2) is 0 Å². The Hall–Kier alpha value is -1.38. The zero-order chi connectivity index (χ0) is 8.97. The van der Waals surface area contributed by atoms with E-state index in [1.165, 1.54) is 0 Å². The summed E-state index contributed by atoms with van der Waals surface area (Å²) in [6.45, 7) is 1.56. The van der Waals surface area contributed by atoms with Crippen LogP contribution in [0.2, 0.25) is 0 Å². The number of aromatic nitrogens is 1. The van der Waals surface area contributed by atoms with Gasteiger partial charge in [-0.25, -0.2) is 4.98 Å². The zero-order valence-electron chi connectivity index (χ0n) is 7.20. The standard InChI is InChI=1S/C9H11NO2/c1-7(11)5-8-3-4-10-9(6-8)12-2/h3-4,6H,5H2,1-2H3. The summed E-state index contributed by atoms with van der Waals surface area (Å²) in [5, 5.41) is 0. The molecule has 0 bridgehead atoms. The van der Waals surface area contributed by atoms with E-state index in [0.717, 1.165) is 5.56 Å². The third-order valence-corrected chi connectivity index (χ3v) is 1.46. The first-order valence-electron chi connectivity index (χ1n) is 3.70. The summed E-state index contributed by atoms with van der Waals surface area (Å²) >= 11 is 0. The van der Waals surface area contributed by atoms with Crippen LogP contribution in [0.4, 0.5) is 0 Å². The molecule has 0 aliphatic rings. The molecule has 1 aromatic rings. The second kappa shape index (κ2) is 3.85. The molecule has 0 amide bonds. The lowest BCUT2D eigenvalue weighted by atomic mass is 10.1. The van der Waals surface area contributed by atoms with Crippen LogP contribution >= 0.6 is 0 Å². The normalized spacial score (nSPS) is 9.50. The van der Waals surface area contributed by atoms with E-state index < -0.39 is 0 Å². The molecule has 0 saturated carbocycles. The van der Waals surface area contributed by atoms with Gasteiger partial charge in [0.25, 0.3) is 0 Å². The first kappa shape index (κ1) is 8.71. The van der Waals surface area contributed by atoms with E-state index in [9.17, 15) is 4.79 Å². The molecule has 0 fully saturated rings. The molecule has 0 radical (unpaired) electrons. The predicted molar refractivity (Wildman–Crippen MR) is 45.2 cm³/mol. The molecule has 0 aliphatic carbocycles. The fourth-order valence-electron chi connectivity index (χ4n) is 0.959. The quantitative estimate of drug-likeness (QED) is 0.676. The summed E-state index contributed by atoms with van der Waals surface area (Å²) in [5.41, 5.74) is 0.939. The number of carbonyl (C=O) groups excluding carboxylic acids is 1. The molecular weight excluding hydrogens is 154 g/mol. The second-order valence-corrected chi connectivity index (χ2v) is 2.59. The Balaban J connectivity index is 2.79. The maximum atomic E-state index is 10.8. The Bertz CT molecular complexity index is 284. The zero-order valence-corrected chi connectivity index (χ0v) is 7.20. The van der Waals surface area contributed by atoms with Crippen LogP contribution in [0.1, 0.15) is 12.5 Å². The van der Waals surface area contributed by atoms with Gasteiger partial charge in [0.2, 0.25) is 5.88 Å². The van der Waals surface area contributed by atoms with E-state index >= 15 is 0 Å². The number of carbonyl (C=O) groups is 1. The topological polar surface area (TPSA) is 39.2 Å². The van der Waals surface area contributed by atoms with E-state index in [0.29, 0.717) is 12.3 Å². The van der Waals surface area contributed by atoms with Crippen molar-refractivity contribution in [3.63, 3.8) is 0 Å². The van der Waals surface area contributed by atoms with E-state index in [4.69, 9.17) is 4.74 Å². The van der Waals surface area contributed by atoms with Gasteiger partial charge in [0.1, 0.15) is 5.78 Å². The fourth-order valence-corrected chi connectivity index (χ4v) is 0.959. The van der Waals surface area contributed by atoms with Crippen molar-refractivity contribution in [3.05, 3.63) is 23.9 Å². The van der Waals surface area contributed by atoms with Gasteiger partial charge in [-0.2, -0.15) is 0 Å². The molecule has 64 valence electrons. The Kier molecular flexibility index (Phi) is 2.80. The lowest BCUT2D eigenvalue weighted by molar-refractivity contribution is -0.116. The smallest absolute Gasteiger partial charge is 0.213 e. The van der Waals surface area contributed by atoms with E-state index in [1.54, 1.807) is 26.3 Å². The van der Waals surface area contributed by atoms with Crippen LogP contribution in [-0.2, 0) is 11.2 Å². The number of rotatable bonds is 3. The summed E-state index contributed by atoms with van der Waals surface area (Å²) < 4.78 is 4.91. The van der Waals surface area contributed by atoms with Gasteiger partial charge in [-0.3, -0.25) is 4.79 Å². The van der Waals surface area contributed by atoms with Crippen molar-refractivity contribution in [3.8, 4) is 5.88 Å². The highest BCUT2D eigenvalue weighted by molar-refractivity contribution is 5.78. The molecule has 3 nitrogen and oxygen atoms in total. The number of ketones is 1. The van der Waals surface area contributed by atoms with Crippen molar-refractivity contribution >= 4 is 5.78 Å². The third-order valence-electron chi connectivity index (χ3n) is 1.46. The van der Waals surface area contributed by atoms with Gasteiger partial charge in [0, 0.05) is 18.7 Å². The number of ether oxygens (including phenoxy) is 1. The minimum Gasteiger partial charge on any atom is -0.481 e. The second-order valence-electron chi connectivity index (χ2n) is 2.59. The average Bonchev–Trinajstić information content (AvgIpc) is 2.03. The molecule has 0 aliphatic heterocycles. The fraction of sp³-hybridized carbons (Fsp3) is 0.333. The highest BCUT2D eigenvalue weighted by Crippen LogP contribution is 2.08. The highest BCUT2D eigenvalue weighted by atomic mass is 16.5. The van der Waals surface area contributed by atoms with Gasteiger partial charge < -0.3 is 4.74 Å².